The smallest absolute Gasteiger partial charge is 0.252 e. The number of aryl methyl sites for hydroxylation is 1. The van der Waals surface area contributed by atoms with Crippen molar-refractivity contribution in [1.82, 2.24) is 10.3 Å². The van der Waals surface area contributed by atoms with Gasteiger partial charge in [0.15, 0.2) is 0 Å². The van der Waals surface area contributed by atoms with Crippen molar-refractivity contribution in [2.75, 3.05) is 13.1 Å². The van der Waals surface area contributed by atoms with Crippen LogP contribution in [0.4, 0.5) is 0 Å². The van der Waals surface area contributed by atoms with Crippen LogP contribution in [0.5, 0.6) is 0 Å². The highest BCUT2D eigenvalue weighted by molar-refractivity contribution is 5.93. The van der Waals surface area contributed by atoms with Gasteiger partial charge in [-0.3, -0.25) is 9.78 Å². The maximum absolute atomic E-state index is 11.6. The van der Waals surface area contributed by atoms with Crippen LogP contribution in [0.3, 0.4) is 0 Å². The molecule has 1 aromatic heterocycles. The van der Waals surface area contributed by atoms with Gasteiger partial charge in [0.05, 0.1) is 5.56 Å². The summed E-state index contributed by atoms with van der Waals surface area (Å²) in [6.45, 7) is 5.06. The molecule has 1 aromatic rings. The number of nitrogens with one attached hydrogen (secondary N) is 1. The highest BCUT2D eigenvalue weighted by Gasteiger charge is 2.06. The van der Waals surface area contributed by atoms with Crippen molar-refractivity contribution in [3.05, 3.63) is 29.6 Å². The van der Waals surface area contributed by atoms with E-state index in [1.165, 1.54) is 0 Å². The molecule has 0 aliphatic heterocycles. The minimum atomic E-state index is -0.0946. The van der Waals surface area contributed by atoms with Crippen molar-refractivity contribution >= 4 is 5.91 Å². The predicted molar refractivity (Wildman–Crippen MR) is 59.5 cm³/mol. The number of aromatic nitrogens is 1. The molecule has 0 saturated carbocycles. The van der Waals surface area contributed by atoms with E-state index in [0.29, 0.717) is 24.6 Å². The molecule has 0 aromatic carbocycles. The first-order valence-electron chi connectivity index (χ1n) is 5.04. The quantitative estimate of drug-likeness (QED) is 0.764. The minimum Gasteiger partial charge on any atom is -0.352 e. The maximum Gasteiger partial charge on any atom is 0.252 e. The van der Waals surface area contributed by atoms with Gasteiger partial charge in [-0.2, -0.15) is 0 Å². The molecule has 1 atom stereocenters. The molecule has 15 heavy (non-hydrogen) atoms. The van der Waals surface area contributed by atoms with Gasteiger partial charge in [0.2, 0.25) is 0 Å². The number of nitrogens with zero attached hydrogens (tertiary/aromatic N) is 1. The first kappa shape index (κ1) is 11.7. The zero-order chi connectivity index (χ0) is 11.3. The van der Waals surface area contributed by atoms with Gasteiger partial charge in [-0.1, -0.05) is 6.92 Å². The molecule has 1 unspecified atom stereocenters. The molecule has 1 heterocycles. The van der Waals surface area contributed by atoms with E-state index in [9.17, 15) is 4.79 Å². The van der Waals surface area contributed by atoms with Gasteiger partial charge in [0.1, 0.15) is 0 Å². The topological polar surface area (TPSA) is 68.0 Å². The van der Waals surface area contributed by atoms with Crippen molar-refractivity contribution in [1.29, 1.82) is 0 Å². The van der Waals surface area contributed by atoms with Gasteiger partial charge in [-0.25, -0.2) is 0 Å². The molecular formula is C11H17N3O. The van der Waals surface area contributed by atoms with Crippen LogP contribution in [-0.4, -0.2) is 24.0 Å². The summed E-state index contributed by atoms with van der Waals surface area (Å²) in [5, 5.41) is 2.81. The van der Waals surface area contributed by atoms with Gasteiger partial charge < -0.3 is 11.1 Å². The lowest BCUT2D eigenvalue weighted by Gasteiger charge is -2.09. The number of carbonyl (C=O) groups is 1. The van der Waals surface area contributed by atoms with Crippen LogP contribution in [0.1, 0.15) is 23.0 Å². The van der Waals surface area contributed by atoms with Gasteiger partial charge in [0, 0.05) is 18.4 Å². The lowest BCUT2D eigenvalue weighted by Crippen LogP contribution is -2.31. The molecule has 0 bridgehead atoms. The second-order valence-electron chi connectivity index (χ2n) is 3.74. The summed E-state index contributed by atoms with van der Waals surface area (Å²) in [6, 6.07) is 3.59. The van der Waals surface area contributed by atoms with Crippen LogP contribution >= 0.6 is 0 Å². The molecule has 3 N–H and O–H groups in total. The molecule has 82 valence electrons. The SMILES string of the molecule is Cc1ccc(C(=O)NCC(C)CN)cn1. The van der Waals surface area contributed by atoms with Crippen LogP contribution in [0, 0.1) is 12.8 Å². The van der Waals surface area contributed by atoms with Crippen LogP contribution in [0.2, 0.25) is 0 Å². The fraction of sp³-hybridized carbons (Fsp3) is 0.455. The summed E-state index contributed by atoms with van der Waals surface area (Å²) in [6.07, 6.45) is 1.58. The predicted octanol–water partition coefficient (Wildman–Crippen LogP) is 0.715. The molecule has 0 fully saturated rings. The largest absolute Gasteiger partial charge is 0.352 e. The molecule has 0 radical (unpaired) electrons. The van der Waals surface area contributed by atoms with E-state index in [2.05, 4.69) is 10.3 Å². The van der Waals surface area contributed by atoms with Crippen LogP contribution < -0.4 is 11.1 Å². The summed E-state index contributed by atoms with van der Waals surface area (Å²) in [4.78, 5) is 15.6. The highest BCUT2D eigenvalue weighted by Crippen LogP contribution is 1.99. The van der Waals surface area contributed by atoms with Crippen LogP contribution in [0.25, 0.3) is 0 Å². The molecule has 4 heteroatoms. The normalized spacial score (nSPS) is 12.2. The molecular weight excluding hydrogens is 190 g/mol. The fourth-order valence-corrected chi connectivity index (χ4v) is 1.05. The Hall–Kier alpha value is -1.42. The van der Waals surface area contributed by atoms with Crippen molar-refractivity contribution in [3.8, 4) is 0 Å². The average molecular weight is 207 g/mol. The number of hydrogen-bond acceptors (Lipinski definition) is 3. The lowest BCUT2D eigenvalue weighted by molar-refractivity contribution is 0.0948. The Labute approximate surface area is 89.9 Å². The van der Waals surface area contributed by atoms with Gasteiger partial charge in [0.25, 0.3) is 5.91 Å². The van der Waals surface area contributed by atoms with E-state index in [4.69, 9.17) is 5.73 Å². The Bertz CT molecular complexity index is 321. The van der Waals surface area contributed by atoms with E-state index in [1.54, 1.807) is 12.3 Å². The molecule has 0 saturated heterocycles. The van der Waals surface area contributed by atoms with Crippen molar-refractivity contribution in [2.24, 2.45) is 11.7 Å². The van der Waals surface area contributed by atoms with Gasteiger partial charge in [-0.05, 0) is 31.5 Å². The Morgan fingerprint density at radius 2 is 2.33 bits per heavy atom. The summed E-state index contributed by atoms with van der Waals surface area (Å²) in [5.74, 6) is 0.204. The van der Waals surface area contributed by atoms with Crippen molar-refractivity contribution < 1.29 is 4.79 Å². The van der Waals surface area contributed by atoms with Gasteiger partial charge in [-0.15, -0.1) is 0 Å². The van der Waals surface area contributed by atoms with Crippen molar-refractivity contribution in [3.63, 3.8) is 0 Å². The number of amides is 1. The van der Waals surface area contributed by atoms with E-state index in [1.807, 2.05) is 19.9 Å². The lowest BCUT2D eigenvalue weighted by atomic mass is 10.2. The van der Waals surface area contributed by atoms with E-state index < -0.39 is 0 Å². The zero-order valence-corrected chi connectivity index (χ0v) is 9.16. The second kappa shape index (κ2) is 5.46. The Morgan fingerprint density at radius 3 is 2.87 bits per heavy atom. The zero-order valence-electron chi connectivity index (χ0n) is 9.16. The monoisotopic (exact) mass is 207 g/mol. The number of hydrogen-bond donors (Lipinski definition) is 2. The standard InChI is InChI=1S/C11H17N3O/c1-8(5-12)6-14-11(15)10-4-3-9(2)13-7-10/h3-4,7-8H,5-6,12H2,1-2H3,(H,14,15). The first-order chi connectivity index (χ1) is 7.13. The van der Waals surface area contributed by atoms with Crippen LogP contribution in [0.15, 0.2) is 18.3 Å². The molecule has 0 aliphatic rings. The Kier molecular flexibility index (Phi) is 4.24. The van der Waals surface area contributed by atoms with E-state index >= 15 is 0 Å². The second-order valence-corrected chi connectivity index (χ2v) is 3.74. The third-order valence-corrected chi connectivity index (χ3v) is 2.19. The van der Waals surface area contributed by atoms with Crippen molar-refractivity contribution in [2.45, 2.75) is 13.8 Å². The number of rotatable bonds is 4. The summed E-state index contributed by atoms with van der Waals surface area (Å²) in [7, 11) is 0. The summed E-state index contributed by atoms with van der Waals surface area (Å²) in [5.41, 5.74) is 6.95. The number of nitrogens with two attached hydrogens (primary N) is 1. The highest BCUT2D eigenvalue weighted by atomic mass is 16.1. The summed E-state index contributed by atoms with van der Waals surface area (Å²) < 4.78 is 0. The maximum atomic E-state index is 11.6. The Morgan fingerprint density at radius 1 is 1.60 bits per heavy atom. The molecule has 1 amide bonds. The Balaban J connectivity index is 2.50. The number of pyridine rings is 1. The molecule has 4 nitrogen and oxygen atoms in total. The third kappa shape index (κ3) is 3.67. The molecule has 0 aliphatic carbocycles. The van der Waals surface area contributed by atoms with Crippen LogP contribution in [-0.2, 0) is 0 Å². The minimum absolute atomic E-state index is 0.0946. The average Bonchev–Trinajstić information content (AvgIpc) is 2.26. The first-order valence-corrected chi connectivity index (χ1v) is 5.04. The van der Waals surface area contributed by atoms with Gasteiger partial charge >= 0.3 is 0 Å². The van der Waals surface area contributed by atoms with E-state index in [-0.39, 0.29) is 5.91 Å². The molecule has 1 rings (SSSR count). The number of carbonyl (C=O) groups excluding carboxylic acids is 1. The molecule has 0 spiro atoms. The van der Waals surface area contributed by atoms with E-state index in [0.717, 1.165) is 5.69 Å². The third-order valence-electron chi connectivity index (χ3n) is 2.19. The fourth-order valence-electron chi connectivity index (χ4n) is 1.05. The summed E-state index contributed by atoms with van der Waals surface area (Å²) >= 11 is 0.